The lowest BCUT2D eigenvalue weighted by Gasteiger charge is -2.06. The molecule has 24 heavy (non-hydrogen) atoms. The SMILES string of the molecule is Cc1cc(C)cc(NC(=O)N/N=C/c2ccc(O)c([N+](=O)[O-])c2)c1. The minimum Gasteiger partial charge on any atom is -0.502 e. The van der Waals surface area contributed by atoms with E-state index in [1.807, 2.05) is 32.0 Å². The van der Waals surface area contributed by atoms with Crippen LogP contribution in [0.25, 0.3) is 0 Å². The third-order valence-corrected chi connectivity index (χ3v) is 3.06. The van der Waals surface area contributed by atoms with Crippen molar-refractivity contribution in [3.63, 3.8) is 0 Å². The third kappa shape index (κ3) is 4.54. The summed E-state index contributed by atoms with van der Waals surface area (Å²) in [6, 6.07) is 8.87. The van der Waals surface area contributed by atoms with Gasteiger partial charge in [-0.25, -0.2) is 10.2 Å². The maximum Gasteiger partial charge on any atom is 0.339 e. The summed E-state index contributed by atoms with van der Waals surface area (Å²) in [6.07, 6.45) is 1.24. The zero-order valence-corrected chi connectivity index (χ0v) is 13.1. The second kappa shape index (κ2) is 7.23. The number of nitrogens with zero attached hydrogens (tertiary/aromatic N) is 2. The predicted molar refractivity (Wildman–Crippen MR) is 90.4 cm³/mol. The Morgan fingerprint density at radius 3 is 2.50 bits per heavy atom. The first-order valence-corrected chi connectivity index (χ1v) is 7.01. The molecule has 0 spiro atoms. The molecule has 0 fully saturated rings. The number of hydrazone groups is 1. The highest BCUT2D eigenvalue weighted by Gasteiger charge is 2.12. The highest BCUT2D eigenvalue weighted by molar-refractivity contribution is 5.90. The number of carbonyl (C=O) groups excluding carboxylic acids is 1. The number of phenols is 1. The number of nitrogens with one attached hydrogen (secondary N) is 2. The molecule has 0 saturated carbocycles. The summed E-state index contributed by atoms with van der Waals surface area (Å²) in [5, 5.41) is 26.5. The Balaban J connectivity index is 1.99. The van der Waals surface area contributed by atoms with Crippen LogP contribution in [0.5, 0.6) is 5.75 Å². The molecule has 0 aliphatic heterocycles. The molecule has 2 amide bonds. The summed E-state index contributed by atoms with van der Waals surface area (Å²) >= 11 is 0. The van der Waals surface area contributed by atoms with Gasteiger partial charge >= 0.3 is 11.7 Å². The molecule has 0 radical (unpaired) electrons. The number of urea groups is 1. The molecule has 0 heterocycles. The van der Waals surface area contributed by atoms with Crippen LogP contribution in [0.1, 0.15) is 16.7 Å². The van der Waals surface area contributed by atoms with Gasteiger partial charge in [-0.15, -0.1) is 0 Å². The Morgan fingerprint density at radius 2 is 1.88 bits per heavy atom. The zero-order valence-electron chi connectivity index (χ0n) is 13.1. The van der Waals surface area contributed by atoms with Gasteiger partial charge in [-0.05, 0) is 49.2 Å². The fourth-order valence-electron chi connectivity index (χ4n) is 2.14. The van der Waals surface area contributed by atoms with Crippen molar-refractivity contribution in [3.05, 3.63) is 63.2 Å². The van der Waals surface area contributed by atoms with Crippen LogP contribution in [0.15, 0.2) is 41.5 Å². The highest BCUT2D eigenvalue weighted by atomic mass is 16.6. The van der Waals surface area contributed by atoms with Crippen LogP contribution >= 0.6 is 0 Å². The Hall–Kier alpha value is -3.42. The number of carbonyl (C=O) groups is 1. The quantitative estimate of drug-likeness (QED) is 0.454. The molecule has 8 heteroatoms. The number of anilines is 1. The number of benzene rings is 2. The van der Waals surface area contributed by atoms with Crippen molar-refractivity contribution in [1.82, 2.24) is 5.43 Å². The number of rotatable bonds is 4. The number of nitro benzene ring substituents is 1. The van der Waals surface area contributed by atoms with E-state index in [9.17, 15) is 20.0 Å². The van der Waals surface area contributed by atoms with Gasteiger partial charge in [0.2, 0.25) is 0 Å². The average molecular weight is 328 g/mol. The number of phenolic OH excluding ortho intramolecular Hbond substituents is 1. The van der Waals surface area contributed by atoms with Gasteiger partial charge in [-0.2, -0.15) is 5.10 Å². The predicted octanol–water partition coefficient (Wildman–Crippen LogP) is 3.07. The van der Waals surface area contributed by atoms with E-state index in [0.29, 0.717) is 11.3 Å². The van der Waals surface area contributed by atoms with Gasteiger partial charge in [0.1, 0.15) is 0 Å². The Morgan fingerprint density at radius 1 is 1.21 bits per heavy atom. The van der Waals surface area contributed by atoms with Crippen LogP contribution in [0.3, 0.4) is 0 Å². The van der Waals surface area contributed by atoms with E-state index in [4.69, 9.17) is 0 Å². The molecule has 3 N–H and O–H groups in total. The summed E-state index contributed by atoms with van der Waals surface area (Å²) in [6.45, 7) is 3.85. The van der Waals surface area contributed by atoms with E-state index in [1.54, 1.807) is 0 Å². The molecule has 0 aliphatic carbocycles. The molecular formula is C16H16N4O4. The second-order valence-corrected chi connectivity index (χ2v) is 5.21. The number of hydrogen-bond donors (Lipinski definition) is 3. The van der Waals surface area contributed by atoms with Gasteiger partial charge < -0.3 is 10.4 Å². The van der Waals surface area contributed by atoms with E-state index >= 15 is 0 Å². The van der Waals surface area contributed by atoms with E-state index in [2.05, 4.69) is 15.8 Å². The molecule has 0 aromatic heterocycles. The van der Waals surface area contributed by atoms with Gasteiger partial charge in [-0.3, -0.25) is 10.1 Å². The van der Waals surface area contributed by atoms with E-state index in [0.717, 1.165) is 17.2 Å². The lowest BCUT2D eigenvalue weighted by Crippen LogP contribution is -2.24. The van der Waals surface area contributed by atoms with Gasteiger partial charge in [0.05, 0.1) is 11.1 Å². The number of nitro groups is 1. The van der Waals surface area contributed by atoms with Crippen molar-refractivity contribution in [1.29, 1.82) is 0 Å². The molecule has 0 unspecified atom stereocenters. The fourth-order valence-corrected chi connectivity index (χ4v) is 2.14. The van der Waals surface area contributed by atoms with E-state index in [1.165, 1.54) is 18.3 Å². The third-order valence-electron chi connectivity index (χ3n) is 3.06. The van der Waals surface area contributed by atoms with Crippen molar-refractivity contribution >= 4 is 23.6 Å². The molecule has 2 rings (SSSR count). The first kappa shape index (κ1) is 16.9. The van der Waals surface area contributed by atoms with Crippen molar-refractivity contribution in [2.45, 2.75) is 13.8 Å². The first-order valence-electron chi connectivity index (χ1n) is 7.01. The monoisotopic (exact) mass is 328 g/mol. The number of aryl methyl sites for hydroxylation is 2. The molecule has 0 saturated heterocycles. The van der Waals surface area contributed by atoms with Crippen LogP contribution in [0.4, 0.5) is 16.2 Å². The number of hydrogen-bond acceptors (Lipinski definition) is 5. The minimum atomic E-state index is -0.702. The van der Waals surface area contributed by atoms with Crippen LogP contribution in [-0.2, 0) is 0 Å². The van der Waals surface area contributed by atoms with Crippen molar-refractivity contribution in [3.8, 4) is 5.75 Å². The maximum atomic E-state index is 11.8. The van der Waals surface area contributed by atoms with Gasteiger partial charge in [0, 0.05) is 17.3 Å². The fraction of sp³-hybridized carbons (Fsp3) is 0.125. The molecule has 124 valence electrons. The average Bonchev–Trinajstić information content (AvgIpc) is 2.47. The van der Waals surface area contributed by atoms with Gasteiger partial charge in [0.25, 0.3) is 0 Å². The molecule has 8 nitrogen and oxygen atoms in total. The van der Waals surface area contributed by atoms with E-state index in [-0.39, 0.29) is 0 Å². The molecule has 2 aromatic carbocycles. The standard InChI is InChI=1S/C16H16N4O4/c1-10-5-11(2)7-13(6-10)18-16(22)19-17-9-12-3-4-15(21)14(8-12)20(23)24/h3-9,21H,1-2H3,(H2,18,19,22)/b17-9+. The van der Waals surface area contributed by atoms with Gasteiger partial charge in [0.15, 0.2) is 5.75 Å². The van der Waals surface area contributed by atoms with Crippen LogP contribution < -0.4 is 10.7 Å². The molecule has 0 bridgehead atoms. The van der Waals surface area contributed by atoms with Crippen LogP contribution in [0.2, 0.25) is 0 Å². The van der Waals surface area contributed by atoms with E-state index < -0.39 is 22.4 Å². The summed E-state index contributed by atoms with van der Waals surface area (Å²) in [5.41, 5.74) is 4.88. The number of amides is 2. The lowest BCUT2D eigenvalue weighted by atomic mass is 10.1. The largest absolute Gasteiger partial charge is 0.502 e. The number of aromatic hydroxyl groups is 1. The maximum absolute atomic E-state index is 11.8. The Labute approximate surface area is 138 Å². The molecule has 2 aromatic rings. The Kier molecular flexibility index (Phi) is 5.10. The van der Waals surface area contributed by atoms with Crippen LogP contribution in [-0.4, -0.2) is 22.3 Å². The summed E-state index contributed by atoms with van der Waals surface area (Å²) < 4.78 is 0. The normalized spacial score (nSPS) is 10.6. The van der Waals surface area contributed by atoms with Gasteiger partial charge in [-0.1, -0.05) is 6.07 Å². The van der Waals surface area contributed by atoms with Crippen molar-refractivity contribution in [2.75, 3.05) is 5.32 Å². The zero-order chi connectivity index (χ0) is 17.7. The first-order chi connectivity index (χ1) is 11.3. The summed E-state index contributed by atoms with van der Waals surface area (Å²) in [4.78, 5) is 21.8. The second-order valence-electron chi connectivity index (χ2n) is 5.21. The Bertz CT molecular complexity index is 797. The molecule has 0 atom stereocenters. The lowest BCUT2D eigenvalue weighted by molar-refractivity contribution is -0.385. The molecule has 0 aliphatic rings. The van der Waals surface area contributed by atoms with Crippen molar-refractivity contribution in [2.24, 2.45) is 5.10 Å². The summed E-state index contributed by atoms with van der Waals surface area (Å²) in [7, 11) is 0. The highest BCUT2D eigenvalue weighted by Crippen LogP contribution is 2.25. The minimum absolute atomic E-state index is 0.367. The van der Waals surface area contributed by atoms with Crippen molar-refractivity contribution < 1.29 is 14.8 Å². The topological polar surface area (TPSA) is 117 Å². The molecular weight excluding hydrogens is 312 g/mol. The van der Waals surface area contributed by atoms with Crippen LogP contribution in [0, 0.1) is 24.0 Å². The smallest absolute Gasteiger partial charge is 0.339 e. The summed E-state index contributed by atoms with van der Waals surface area (Å²) in [5.74, 6) is -0.433.